The fourth-order valence-corrected chi connectivity index (χ4v) is 3.99. The number of nitrogens with one attached hydrogen (secondary N) is 1. The highest BCUT2D eigenvalue weighted by Crippen LogP contribution is 2.39. The summed E-state index contributed by atoms with van der Waals surface area (Å²) in [6, 6.07) is 25.2. The summed E-state index contributed by atoms with van der Waals surface area (Å²) in [4.78, 5) is 0. The average Bonchev–Trinajstić information content (AvgIpc) is 3.31. The van der Waals surface area contributed by atoms with E-state index in [1.54, 1.807) is 0 Å². The van der Waals surface area contributed by atoms with Crippen LogP contribution in [0.3, 0.4) is 0 Å². The summed E-state index contributed by atoms with van der Waals surface area (Å²) in [6.07, 6.45) is 2.03. The fraction of sp³-hybridized carbons (Fsp3) is 0.286. The van der Waals surface area contributed by atoms with E-state index in [2.05, 4.69) is 85.9 Å². The normalized spacial score (nSPS) is 13.1. The van der Waals surface area contributed by atoms with Crippen LogP contribution in [0, 0.1) is 0 Å². The Balaban J connectivity index is 1.67. The van der Waals surface area contributed by atoms with Gasteiger partial charge in [0.25, 0.3) is 0 Å². The molecule has 0 aliphatic carbocycles. The zero-order valence-corrected chi connectivity index (χ0v) is 18.9. The molecule has 4 rings (SSSR count). The predicted octanol–water partition coefficient (Wildman–Crippen LogP) is 6.16. The maximum atomic E-state index is 5.91. The van der Waals surface area contributed by atoms with Crippen LogP contribution in [0.15, 0.2) is 72.8 Å². The molecule has 1 N–H and O–H groups in total. The van der Waals surface area contributed by atoms with Crippen LogP contribution in [0.25, 0.3) is 11.1 Å². The van der Waals surface area contributed by atoms with Gasteiger partial charge in [-0.05, 0) is 71.5 Å². The minimum atomic E-state index is 0.283. The molecule has 0 saturated carbocycles. The summed E-state index contributed by atoms with van der Waals surface area (Å²) in [5.74, 6) is 2.50. The molecule has 0 aromatic heterocycles. The van der Waals surface area contributed by atoms with E-state index in [4.69, 9.17) is 14.2 Å². The van der Waals surface area contributed by atoms with Gasteiger partial charge in [0, 0.05) is 6.54 Å². The van der Waals surface area contributed by atoms with E-state index in [1.807, 2.05) is 6.07 Å². The topological polar surface area (TPSA) is 39.7 Å². The van der Waals surface area contributed by atoms with Crippen molar-refractivity contribution in [2.45, 2.75) is 26.7 Å². The number of allylic oxidation sites excluding steroid dienone is 1. The smallest absolute Gasteiger partial charge is 0.231 e. The van der Waals surface area contributed by atoms with Crippen LogP contribution in [0.5, 0.6) is 17.2 Å². The molecule has 0 amide bonds. The van der Waals surface area contributed by atoms with E-state index in [-0.39, 0.29) is 6.79 Å². The first kappa shape index (κ1) is 22.0. The Morgan fingerprint density at radius 1 is 0.812 bits per heavy atom. The Hall–Kier alpha value is -3.24. The van der Waals surface area contributed by atoms with Crippen molar-refractivity contribution in [2.75, 3.05) is 26.5 Å². The van der Waals surface area contributed by atoms with Gasteiger partial charge in [0.1, 0.15) is 12.4 Å². The molecule has 3 aromatic rings. The first-order chi connectivity index (χ1) is 15.8. The minimum Gasteiger partial charge on any atom is -0.492 e. The molecule has 0 unspecified atom stereocenters. The Bertz CT molecular complexity index is 1040. The summed E-state index contributed by atoms with van der Waals surface area (Å²) in [5.41, 5.74) is 6.01. The molecule has 166 valence electrons. The van der Waals surface area contributed by atoms with Gasteiger partial charge in [-0.25, -0.2) is 0 Å². The maximum absolute atomic E-state index is 5.91. The number of hydrogen-bond acceptors (Lipinski definition) is 4. The van der Waals surface area contributed by atoms with Crippen molar-refractivity contribution in [3.05, 3.63) is 89.5 Å². The molecule has 32 heavy (non-hydrogen) atoms. The lowest BCUT2D eigenvalue weighted by Crippen LogP contribution is -2.21. The largest absolute Gasteiger partial charge is 0.492 e. The summed E-state index contributed by atoms with van der Waals surface area (Å²) in [7, 11) is 0. The molecule has 0 fully saturated rings. The lowest BCUT2D eigenvalue weighted by atomic mass is 9.88. The first-order valence-electron chi connectivity index (χ1n) is 11.4. The first-order valence-corrected chi connectivity index (χ1v) is 11.4. The van der Waals surface area contributed by atoms with Crippen molar-refractivity contribution < 1.29 is 14.2 Å². The summed E-state index contributed by atoms with van der Waals surface area (Å²) < 4.78 is 17.0. The predicted molar refractivity (Wildman–Crippen MR) is 130 cm³/mol. The highest BCUT2D eigenvalue weighted by molar-refractivity contribution is 5.98. The van der Waals surface area contributed by atoms with Crippen LogP contribution in [0.2, 0.25) is 0 Å². The van der Waals surface area contributed by atoms with Crippen molar-refractivity contribution in [3.63, 3.8) is 0 Å². The van der Waals surface area contributed by atoms with E-state index in [0.29, 0.717) is 6.61 Å². The van der Waals surface area contributed by atoms with Gasteiger partial charge in [-0.15, -0.1) is 0 Å². The van der Waals surface area contributed by atoms with Gasteiger partial charge in [0.05, 0.1) is 0 Å². The van der Waals surface area contributed by atoms with Crippen LogP contribution in [-0.4, -0.2) is 26.5 Å². The molecule has 0 bridgehead atoms. The van der Waals surface area contributed by atoms with Crippen molar-refractivity contribution in [1.29, 1.82) is 0 Å². The SMILES string of the molecule is CCCNCCOc1ccc(C(=C(CC)c2ccc3c(c2)OCO3)c2ccccc2)cc1. The molecule has 4 heteroatoms. The van der Waals surface area contributed by atoms with Crippen molar-refractivity contribution >= 4 is 11.1 Å². The third-order valence-corrected chi connectivity index (χ3v) is 5.56. The Morgan fingerprint density at radius 2 is 1.53 bits per heavy atom. The second-order valence-electron chi connectivity index (χ2n) is 7.76. The van der Waals surface area contributed by atoms with Crippen LogP contribution in [-0.2, 0) is 0 Å². The standard InChI is InChI=1S/C28H31NO3/c1-3-16-29-17-18-30-24-13-10-22(11-14-24)28(21-8-6-5-7-9-21)25(4-2)23-12-15-26-27(19-23)32-20-31-26/h5-15,19,29H,3-4,16-18,20H2,1-2H3. The third-order valence-electron chi connectivity index (χ3n) is 5.56. The molecule has 1 aliphatic heterocycles. The molecule has 0 radical (unpaired) electrons. The molecule has 4 nitrogen and oxygen atoms in total. The quantitative estimate of drug-likeness (QED) is 0.309. The van der Waals surface area contributed by atoms with E-state index in [9.17, 15) is 0 Å². The van der Waals surface area contributed by atoms with Crippen LogP contribution < -0.4 is 19.5 Å². The Morgan fingerprint density at radius 3 is 2.28 bits per heavy atom. The lowest BCUT2D eigenvalue weighted by molar-refractivity contribution is 0.174. The van der Waals surface area contributed by atoms with Gasteiger partial charge in [-0.2, -0.15) is 0 Å². The fourth-order valence-electron chi connectivity index (χ4n) is 3.99. The zero-order valence-electron chi connectivity index (χ0n) is 18.9. The number of benzene rings is 3. The molecule has 0 saturated heterocycles. The van der Waals surface area contributed by atoms with Gasteiger partial charge in [-0.1, -0.05) is 62.4 Å². The number of ether oxygens (including phenoxy) is 3. The zero-order chi connectivity index (χ0) is 22.2. The molecular formula is C28H31NO3. The van der Waals surface area contributed by atoms with E-state index < -0.39 is 0 Å². The van der Waals surface area contributed by atoms with E-state index in [1.165, 1.54) is 22.3 Å². The van der Waals surface area contributed by atoms with Crippen LogP contribution >= 0.6 is 0 Å². The summed E-state index contributed by atoms with van der Waals surface area (Å²) in [5, 5.41) is 3.36. The monoisotopic (exact) mass is 429 g/mol. The summed E-state index contributed by atoms with van der Waals surface area (Å²) in [6.45, 7) is 7.19. The number of hydrogen-bond donors (Lipinski definition) is 1. The minimum absolute atomic E-state index is 0.283. The van der Waals surface area contributed by atoms with Gasteiger partial charge in [0.2, 0.25) is 6.79 Å². The van der Waals surface area contributed by atoms with Gasteiger partial charge in [-0.3, -0.25) is 0 Å². The van der Waals surface area contributed by atoms with Gasteiger partial charge < -0.3 is 19.5 Å². The molecule has 1 heterocycles. The molecule has 1 aliphatic rings. The second kappa shape index (κ2) is 10.9. The van der Waals surface area contributed by atoms with Crippen molar-refractivity contribution in [1.82, 2.24) is 5.32 Å². The van der Waals surface area contributed by atoms with E-state index in [0.717, 1.165) is 48.7 Å². The van der Waals surface area contributed by atoms with Crippen LogP contribution in [0.4, 0.5) is 0 Å². The lowest BCUT2D eigenvalue weighted by Gasteiger charge is -2.17. The van der Waals surface area contributed by atoms with E-state index >= 15 is 0 Å². The Kier molecular flexibility index (Phi) is 7.47. The molecular weight excluding hydrogens is 398 g/mol. The summed E-state index contributed by atoms with van der Waals surface area (Å²) >= 11 is 0. The molecule has 3 aromatic carbocycles. The molecule has 0 spiro atoms. The Labute approximate surface area is 190 Å². The third kappa shape index (κ3) is 5.14. The van der Waals surface area contributed by atoms with Crippen LogP contribution in [0.1, 0.15) is 43.4 Å². The second-order valence-corrected chi connectivity index (χ2v) is 7.76. The van der Waals surface area contributed by atoms with Gasteiger partial charge >= 0.3 is 0 Å². The highest BCUT2D eigenvalue weighted by atomic mass is 16.7. The maximum Gasteiger partial charge on any atom is 0.231 e. The number of rotatable bonds is 10. The van der Waals surface area contributed by atoms with Crippen molar-refractivity contribution in [3.8, 4) is 17.2 Å². The van der Waals surface area contributed by atoms with Gasteiger partial charge in [0.15, 0.2) is 11.5 Å². The number of fused-ring (bicyclic) bond motifs is 1. The van der Waals surface area contributed by atoms with Crippen molar-refractivity contribution in [2.24, 2.45) is 0 Å². The highest BCUT2D eigenvalue weighted by Gasteiger charge is 2.18. The average molecular weight is 430 g/mol. The molecule has 0 atom stereocenters.